The zero-order valence-corrected chi connectivity index (χ0v) is 11.7. The number of ether oxygens (including phenoxy) is 1. The first-order valence-electron chi connectivity index (χ1n) is 6.32. The molecule has 6 heteroatoms. The molecule has 0 aliphatic carbocycles. The molecule has 21 heavy (non-hydrogen) atoms. The largest absolute Gasteiger partial charge is 0.482 e. The third kappa shape index (κ3) is 2.57. The number of benzene rings is 2. The fourth-order valence-electron chi connectivity index (χ4n) is 2.23. The van der Waals surface area contributed by atoms with Gasteiger partial charge in [0.2, 0.25) is 0 Å². The van der Waals surface area contributed by atoms with Gasteiger partial charge in [0.25, 0.3) is 5.91 Å². The lowest BCUT2D eigenvalue weighted by Gasteiger charge is -2.20. The van der Waals surface area contributed by atoms with Crippen LogP contribution in [0.15, 0.2) is 36.4 Å². The fourth-order valence-corrected chi connectivity index (χ4v) is 2.42. The number of fused-ring (bicyclic) bond motifs is 1. The van der Waals surface area contributed by atoms with Gasteiger partial charge in [-0.15, -0.1) is 0 Å². The molecule has 0 spiro atoms. The molecule has 1 unspecified atom stereocenters. The van der Waals surface area contributed by atoms with Crippen molar-refractivity contribution < 1.29 is 13.9 Å². The third-order valence-corrected chi connectivity index (χ3v) is 3.60. The Kier molecular flexibility index (Phi) is 3.53. The summed E-state index contributed by atoms with van der Waals surface area (Å²) in [5, 5.41) is 2.72. The summed E-state index contributed by atoms with van der Waals surface area (Å²) in [5.41, 5.74) is 7.58. The molecule has 3 N–H and O–H groups in total. The van der Waals surface area contributed by atoms with Crippen LogP contribution < -0.4 is 15.8 Å². The lowest BCUT2D eigenvalue weighted by molar-refractivity contribution is -0.118. The van der Waals surface area contributed by atoms with Gasteiger partial charge in [-0.2, -0.15) is 0 Å². The third-order valence-electron chi connectivity index (χ3n) is 3.31. The molecule has 0 aromatic heterocycles. The highest BCUT2D eigenvalue weighted by Gasteiger charge is 2.20. The molecule has 2 aromatic carbocycles. The summed E-state index contributed by atoms with van der Waals surface area (Å²) in [4.78, 5) is 11.3. The van der Waals surface area contributed by atoms with E-state index in [9.17, 15) is 9.18 Å². The first kappa shape index (κ1) is 13.9. The Labute approximate surface area is 125 Å². The molecule has 1 heterocycles. The number of rotatable bonds is 2. The number of carbonyl (C=O) groups excluding carboxylic acids is 1. The lowest BCUT2D eigenvalue weighted by Crippen LogP contribution is -2.25. The first-order chi connectivity index (χ1) is 10.1. The molecule has 2 aromatic rings. The number of carbonyl (C=O) groups is 1. The monoisotopic (exact) mass is 306 g/mol. The molecule has 1 aliphatic rings. The second-order valence-electron chi connectivity index (χ2n) is 4.71. The van der Waals surface area contributed by atoms with Crippen LogP contribution >= 0.6 is 11.6 Å². The summed E-state index contributed by atoms with van der Waals surface area (Å²) in [5.74, 6) is -0.205. The van der Waals surface area contributed by atoms with Gasteiger partial charge in [0, 0.05) is 5.56 Å². The second-order valence-corrected chi connectivity index (χ2v) is 5.12. The van der Waals surface area contributed by atoms with Crippen molar-refractivity contribution in [1.29, 1.82) is 0 Å². The van der Waals surface area contributed by atoms with E-state index >= 15 is 0 Å². The van der Waals surface area contributed by atoms with Crippen LogP contribution in [0.1, 0.15) is 17.2 Å². The van der Waals surface area contributed by atoms with Crippen molar-refractivity contribution >= 4 is 23.2 Å². The smallest absolute Gasteiger partial charge is 0.262 e. The van der Waals surface area contributed by atoms with Crippen LogP contribution in [0.2, 0.25) is 5.02 Å². The normalized spacial score (nSPS) is 14.9. The number of amides is 1. The maximum atomic E-state index is 14.0. The van der Waals surface area contributed by atoms with Crippen LogP contribution in [0.25, 0.3) is 0 Å². The van der Waals surface area contributed by atoms with E-state index in [1.165, 1.54) is 6.07 Å². The topological polar surface area (TPSA) is 64.3 Å². The van der Waals surface area contributed by atoms with Gasteiger partial charge < -0.3 is 15.8 Å². The van der Waals surface area contributed by atoms with Crippen LogP contribution in [0.3, 0.4) is 0 Å². The van der Waals surface area contributed by atoms with Gasteiger partial charge in [0.05, 0.1) is 16.8 Å². The summed E-state index contributed by atoms with van der Waals surface area (Å²) >= 11 is 5.77. The van der Waals surface area contributed by atoms with Crippen molar-refractivity contribution in [3.63, 3.8) is 0 Å². The molecule has 1 atom stereocenters. The van der Waals surface area contributed by atoms with Crippen molar-refractivity contribution in [1.82, 2.24) is 0 Å². The van der Waals surface area contributed by atoms with Crippen LogP contribution in [-0.2, 0) is 4.79 Å². The van der Waals surface area contributed by atoms with Crippen LogP contribution in [-0.4, -0.2) is 12.5 Å². The minimum Gasteiger partial charge on any atom is -0.482 e. The summed E-state index contributed by atoms with van der Waals surface area (Å²) in [6.07, 6.45) is 0. The Morgan fingerprint density at radius 2 is 2.14 bits per heavy atom. The van der Waals surface area contributed by atoms with E-state index in [-0.39, 0.29) is 17.5 Å². The standard InChI is InChI=1S/C15H12ClFN2O2/c16-10-3-1-2-9(14(10)17)15(18)8-4-5-12-11(6-8)19-13(20)7-21-12/h1-6,15H,7,18H2,(H,19,20). The van der Waals surface area contributed by atoms with E-state index in [2.05, 4.69) is 5.32 Å². The zero-order chi connectivity index (χ0) is 15.0. The van der Waals surface area contributed by atoms with Gasteiger partial charge in [-0.1, -0.05) is 29.8 Å². The molecule has 3 rings (SSSR count). The quantitative estimate of drug-likeness (QED) is 0.896. The molecule has 0 fully saturated rings. The van der Waals surface area contributed by atoms with Gasteiger partial charge in [-0.25, -0.2) is 4.39 Å². The molecule has 4 nitrogen and oxygen atoms in total. The van der Waals surface area contributed by atoms with Crippen LogP contribution in [0.4, 0.5) is 10.1 Å². The van der Waals surface area contributed by atoms with Gasteiger partial charge >= 0.3 is 0 Å². The lowest BCUT2D eigenvalue weighted by atomic mass is 9.98. The second kappa shape index (κ2) is 5.35. The Morgan fingerprint density at radius 3 is 2.95 bits per heavy atom. The molecular weight excluding hydrogens is 295 g/mol. The summed E-state index contributed by atoms with van der Waals surface area (Å²) in [6.45, 7) is -0.0126. The average molecular weight is 307 g/mol. The molecule has 1 amide bonds. The van der Waals surface area contributed by atoms with Crippen LogP contribution in [0, 0.1) is 5.82 Å². The van der Waals surface area contributed by atoms with Crippen LogP contribution in [0.5, 0.6) is 5.75 Å². The Bertz CT molecular complexity index is 721. The van der Waals surface area contributed by atoms with Gasteiger partial charge in [0.15, 0.2) is 6.61 Å². The summed E-state index contributed by atoms with van der Waals surface area (Å²) < 4.78 is 19.3. The average Bonchev–Trinajstić information content (AvgIpc) is 2.48. The number of nitrogens with one attached hydrogen (secondary N) is 1. The Balaban J connectivity index is 1.98. The van der Waals surface area contributed by atoms with Gasteiger partial charge in [-0.05, 0) is 23.8 Å². The SMILES string of the molecule is NC(c1ccc2c(c1)NC(=O)CO2)c1cccc(Cl)c1F. The molecular formula is C15H12ClFN2O2. The number of halogens is 2. The Morgan fingerprint density at radius 1 is 1.33 bits per heavy atom. The highest BCUT2D eigenvalue weighted by atomic mass is 35.5. The predicted octanol–water partition coefficient (Wildman–Crippen LogP) is 2.86. The maximum absolute atomic E-state index is 14.0. The fraction of sp³-hybridized carbons (Fsp3) is 0.133. The van der Waals surface area contributed by atoms with E-state index in [1.54, 1.807) is 30.3 Å². The minimum atomic E-state index is -0.687. The van der Waals surface area contributed by atoms with E-state index in [1.807, 2.05) is 0 Å². The van der Waals surface area contributed by atoms with Crippen molar-refractivity contribution in [3.8, 4) is 5.75 Å². The van der Waals surface area contributed by atoms with Crippen molar-refractivity contribution in [2.45, 2.75) is 6.04 Å². The number of nitrogens with two attached hydrogens (primary N) is 1. The molecule has 1 aliphatic heterocycles. The number of hydrogen-bond acceptors (Lipinski definition) is 3. The molecule has 0 saturated carbocycles. The molecule has 0 saturated heterocycles. The molecule has 108 valence electrons. The Hall–Kier alpha value is -2.11. The first-order valence-corrected chi connectivity index (χ1v) is 6.70. The zero-order valence-electron chi connectivity index (χ0n) is 10.9. The van der Waals surface area contributed by atoms with E-state index in [0.29, 0.717) is 22.6 Å². The predicted molar refractivity (Wildman–Crippen MR) is 78.0 cm³/mol. The van der Waals surface area contributed by atoms with E-state index < -0.39 is 11.9 Å². The van der Waals surface area contributed by atoms with Crippen molar-refractivity contribution in [3.05, 3.63) is 58.4 Å². The van der Waals surface area contributed by atoms with E-state index in [4.69, 9.17) is 22.1 Å². The number of anilines is 1. The van der Waals surface area contributed by atoms with Crippen molar-refractivity contribution in [2.75, 3.05) is 11.9 Å². The van der Waals surface area contributed by atoms with E-state index in [0.717, 1.165) is 0 Å². The maximum Gasteiger partial charge on any atom is 0.262 e. The molecule has 0 radical (unpaired) electrons. The van der Waals surface area contributed by atoms with Crippen molar-refractivity contribution in [2.24, 2.45) is 5.73 Å². The summed E-state index contributed by atoms with van der Waals surface area (Å²) in [7, 11) is 0. The van der Waals surface area contributed by atoms with Gasteiger partial charge in [-0.3, -0.25) is 4.79 Å². The summed E-state index contributed by atoms with van der Waals surface area (Å²) in [6, 6.07) is 9.12. The van der Waals surface area contributed by atoms with Gasteiger partial charge in [0.1, 0.15) is 11.6 Å². The highest BCUT2D eigenvalue weighted by Crippen LogP contribution is 2.33. The number of hydrogen-bond donors (Lipinski definition) is 2. The highest BCUT2D eigenvalue weighted by molar-refractivity contribution is 6.30. The molecule has 0 bridgehead atoms. The minimum absolute atomic E-state index is 0.0126.